The molecular formula is C24H29N3O4. The van der Waals surface area contributed by atoms with E-state index in [0.717, 1.165) is 16.8 Å². The van der Waals surface area contributed by atoms with E-state index in [2.05, 4.69) is 10.6 Å². The van der Waals surface area contributed by atoms with E-state index >= 15 is 0 Å². The van der Waals surface area contributed by atoms with Gasteiger partial charge in [0.15, 0.2) is 0 Å². The molecule has 3 rings (SSSR count). The molecule has 1 unspecified atom stereocenters. The zero-order valence-corrected chi connectivity index (χ0v) is 18.4. The molecule has 1 aliphatic heterocycles. The Morgan fingerprint density at radius 2 is 1.77 bits per heavy atom. The number of rotatable bonds is 6. The first-order valence-corrected chi connectivity index (χ1v) is 10.5. The maximum Gasteiger partial charge on any atom is 0.411 e. The third kappa shape index (κ3) is 5.63. The normalized spacial score (nSPS) is 15.8. The van der Waals surface area contributed by atoms with Crippen LogP contribution in [0.5, 0.6) is 0 Å². The summed E-state index contributed by atoms with van der Waals surface area (Å²) in [5, 5.41) is 5.51. The maximum atomic E-state index is 12.8. The summed E-state index contributed by atoms with van der Waals surface area (Å²) in [6.07, 6.45) is -0.374. The summed E-state index contributed by atoms with van der Waals surface area (Å²) >= 11 is 0. The fraction of sp³-hybridized carbons (Fsp3) is 0.375. The van der Waals surface area contributed by atoms with E-state index in [1.807, 2.05) is 45.9 Å². The maximum absolute atomic E-state index is 12.8. The summed E-state index contributed by atoms with van der Waals surface area (Å²) in [6, 6.07) is 12.7. The van der Waals surface area contributed by atoms with E-state index in [1.165, 1.54) is 0 Å². The zero-order valence-electron chi connectivity index (χ0n) is 18.4. The molecule has 1 saturated heterocycles. The molecule has 0 spiro atoms. The van der Waals surface area contributed by atoms with Crippen LogP contribution in [0, 0.1) is 25.7 Å². The molecule has 0 aromatic heterocycles. The molecule has 1 aliphatic rings. The van der Waals surface area contributed by atoms with Crippen LogP contribution in [0.4, 0.5) is 21.9 Å². The number of hydrogen-bond acceptors (Lipinski definition) is 4. The van der Waals surface area contributed by atoms with Gasteiger partial charge in [-0.05, 0) is 55.2 Å². The predicted molar refractivity (Wildman–Crippen MR) is 121 cm³/mol. The number of ether oxygens (including phenoxy) is 1. The van der Waals surface area contributed by atoms with Gasteiger partial charge in [-0.15, -0.1) is 0 Å². The summed E-state index contributed by atoms with van der Waals surface area (Å²) in [6.45, 7) is 8.57. The number of carbonyl (C=O) groups excluding carboxylic acids is 3. The number of carbonyl (C=O) groups is 3. The second kappa shape index (κ2) is 9.64. The van der Waals surface area contributed by atoms with Gasteiger partial charge in [0.25, 0.3) is 0 Å². The molecule has 31 heavy (non-hydrogen) atoms. The fourth-order valence-corrected chi connectivity index (χ4v) is 3.46. The van der Waals surface area contributed by atoms with Crippen molar-refractivity contribution in [2.24, 2.45) is 11.8 Å². The van der Waals surface area contributed by atoms with Crippen LogP contribution in [-0.4, -0.2) is 31.1 Å². The summed E-state index contributed by atoms with van der Waals surface area (Å²) in [5.41, 5.74) is 4.07. The van der Waals surface area contributed by atoms with Crippen LogP contribution < -0.4 is 15.5 Å². The number of nitrogens with zero attached hydrogens (tertiary/aromatic N) is 1. The topological polar surface area (TPSA) is 87.7 Å². The zero-order chi connectivity index (χ0) is 22.5. The second-order valence-electron chi connectivity index (χ2n) is 8.31. The lowest BCUT2D eigenvalue weighted by Gasteiger charge is -2.20. The molecule has 0 saturated carbocycles. The highest BCUT2D eigenvalue weighted by Gasteiger charge is 2.35. The molecule has 0 radical (unpaired) electrons. The molecule has 3 amide bonds. The summed E-state index contributed by atoms with van der Waals surface area (Å²) < 4.78 is 5.11. The Labute approximate surface area is 182 Å². The van der Waals surface area contributed by atoms with E-state index in [9.17, 15) is 14.4 Å². The van der Waals surface area contributed by atoms with Crippen LogP contribution in [0.2, 0.25) is 0 Å². The molecule has 0 bridgehead atoms. The van der Waals surface area contributed by atoms with Gasteiger partial charge >= 0.3 is 6.09 Å². The lowest BCUT2D eigenvalue weighted by Crippen LogP contribution is -2.28. The highest BCUT2D eigenvalue weighted by Crippen LogP contribution is 2.30. The smallest absolute Gasteiger partial charge is 0.411 e. The second-order valence-corrected chi connectivity index (χ2v) is 8.31. The molecule has 1 atom stereocenters. The minimum Gasteiger partial charge on any atom is -0.449 e. The average molecular weight is 424 g/mol. The fourth-order valence-electron chi connectivity index (χ4n) is 3.46. The van der Waals surface area contributed by atoms with Crippen molar-refractivity contribution in [3.8, 4) is 0 Å². The first-order valence-electron chi connectivity index (χ1n) is 10.5. The summed E-state index contributed by atoms with van der Waals surface area (Å²) in [7, 11) is 0. The highest BCUT2D eigenvalue weighted by atomic mass is 16.5. The SMILES string of the molecule is Cc1cccc(N2CC(C(=O)Nc3cccc(NC(=O)OCC(C)C)c3)CC2=O)c1C. The number of anilines is 3. The van der Waals surface area contributed by atoms with Crippen LogP contribution in [0.15, 0.2) is 42.5 Å². The Hall–Kier alpha value is -3.35. The molecule has 164 valence electrons. The molecule has 2 N–H and O–H groups in total. The van der Waals surface area contributed by atoms with Gasteiger partial charge in [-0.3, -0.25) is 14.9 Å². The Bertz CT molecular complexity index is 987. The van der Waals surface area contributed by atoms with Crippen molar-refractivity contribution in [3.63, 3.8) is 0 Å². The largest absolute Gasteiger partial charge is 0.449 e. The van der Waals surface area contributed by atoms with Gasteiger partial charge in [-0.2, -0.15) is 0 Å². The molecule has 7 nitrogen and oxygen atoms in total. The van der Waals surface area contributed by atoms with Gasteiger partial charge in [0.2, 0.25) is 11.8 Å². The number of aryl methyl sites for hydroxylation is 1. The van der Waals surface area contributed by atoms with Gasteiger partial charge in [0.1, 0.15) is 0 Å². The van der Waals surface area contributed by atoms with Gasteiger partial charge in [-0.1, -0.05) is 32.0 Å². The number of benzene rings is 2. The highest BCUT2D eigenvalue weighted by molar-refractivity contribution is 6.04. The van der Waals surface area contributed by atoms with Crippen LogP contribution >= 0.6 is 0 Å². The minimum atomic E-state index is -0.539. The van der Waals surface area contributed by atoms with E-state index in [1.54, 1.807) is 29.2 Å². The third-order valence-electron chi connectivity index (χ3n) is 5.29. The van der Waals surface area contributed by atoms with Crippen molar-refractivity contribution in [1.82, 2.24) is 0 Å². The van der Waals surface area contributed by atoms with Crippen LogP contribution in [0.1, 0.15) is 31.4 Å². The number of nitrogens with one attached hydrogen (secondary N) is 2. The Balaban J connectivity index is 1.62. The molecule has 1 fully saturated rings. The Kier molecular flexibility index (Phi) is 6.95. The van der Waals surface area contributed by atoms with Crippen LogP contribution in [0.25, 0.3) is 0 Å². The lowest BCUT2D eigenvalue weighted by molar-refractivity contribution is -0.122. The van der Waals surface area contributed by atoms with Crippen molar-refractivity contribution in [3.05, 3.63) is 53.6 Å². The number of amides is 3. The standard InChI is InChI=1S/C24H29N3O4/c1-15(2)14-31-24(30)26-20-9-6-8-19(12-20)25-23(29)18-11-22(28)27(13-18)21-10-5-7-16(3)17(21)4/h5-10,12,15,18H,11,13-14H2,1-4H3,(H,25,29)(H,26,30). The molecule has 2 aromatic rings. The monoisotopic (exact) mass is 423 g/mol. The van der Waals surface area contributed by atoms with Crippen molar-refractivity contribution in [2.75, 3.05) is 28.7 Å². The lowest BCUT2D eigenvalue weighted by atomic mass is 10.1. The minimum absolute atomic E-state index is 0.0582. The molecule has 2 aromatic carbocycles. The first kappa shape index (κ1) is 22.3. The van der Waals surface area contributed by atoms with E-state index in [4.69, 9.17) is 4.74 Å². The summed E-state index contributed by atoms with van der Waals surface area (Å²) in [4.78, 5) is 38.9. The van der Waals surface area contributed by atoms with Crippen molar-refractivity contribution >= 4 is 35.0 Å². The van der Waals surface area contributed by atoms with Gasteiger partial charge < -0.3 is 15.0 Å². The van der Waals surface area contributed by atoms with Gasteiger partial charge in [0.05, 0.1) is 12.5 Å². The number of hydrogen-bond donors (Lipinski definition) is 2. The third-order valence-corrected chi connectivity index (χ3v) is 5.29. The predicted octanol–water partition coefficient (Wildman–Crippen LogP) is 4.50. The average Bonchev–Trinajstić information content (AvgIpc) is 3.10. The molecule has 0 aliphatic carbocycles. The van der Waals surface area contributed by atoms with E-state index in [-0.39, 0.29) is 24.2 Å². The molecule has 1 heterocycles. The molecule has 7 heteroatoms. The van der Waals surface area contributed by atoms with Gasteiger partial charge in [-0.25, -0.2) is 4.79 Å². The molecular weight excluding hydrogens is 394 g/mol. The van der Waals surface area contributed by atoms with Crippen molar-refractivity contribution in [1.29, 1.82) is 0 Å². The quantitative estimate of drug-likeness (QED) is 0.716. The van der Waals surface area contributed by atoms with Crippen LogP contribution in [-0.2, 0) is 14.3 Å². The van der Waals surface area contributed by atoms with E-state index < -0.39 is 12.0 Å². The summed E-state index contributed by atoms with van der Waals surface area (Å²) in [5.74, 6) is -0.480. The van der Waals surface area contributed by atoms with Gasteiger partial charge in [0, 0.05) is 30.0 Å². The van der Waals surface area contributed by atoms with Crippen LogP contribution in [0.3, 0.4) is 0 Å². The van der Waals surface area contributed by atoms with Crippen molar-refractivity contribution < 1.29 is 19.1 Å². The Morgan fingerprint density at radius 1 is 1.10 bits per heavy atom. The first-order chi connectivity index (χ1) is 14.7. The van der Waals surface area contributed by atoms with Crippen molar-refractivity contribution in [2.45, 2.75) is 34.1 Å². The Morgan fingerprint density at radius 3 is 2.48 bits per heavy atom. The van der Waals surface area contributed by atoms with E-state index in [0.29, 0.717) is 24.5 Å².